The van der Waals surface area contributed by atoms with Gasteiger partial charge in [-0.25, -0.2) is 9.67 Å². The van der Waals surface area contributed by atoms with E-state index in [4.69, 9.17) is 10.00 Å². The Balaban J connectivity index is 2.26. The molecule has 20 heavy (non-hydrogen) atoms. The molecular weight excluding hydrogens is 262 g/mol. The maximum absolute atomic E-state index is 10.9. The van der Waals surface area contributed by atoms with E-state index in [0.29, 0.717) is 13.2 Å². The van der Waals surface area contributed by atoms with E-state index in [1.165, 1.54) is 17.1 Å². The molecule has 0 unspecified atom stereocenters. The Labute approximate surface area is 114 Å². The van der Waals surface area contributed by atoms with Crippen molar-refractivity contribution in [2.75, 3.05) is 6.61 Å². The Kier molecular flexibility index (Phi) is 3.91. The van der Waals surface area contributed by atoms with Crippen LogP contribution in [0.25, 0.3) is 0 Å². The predicted octanol–water partition coefficient (Wildman–Crippen LogP) is 1.50. The van der Waals surface area contributed by atoms with Crippen LogP contribution >= 0.6 is 0 Å². The van der Waals surface area contributed by atoms with Crippen LogP contribution in [-0.2, 0) is 6.54 Å². The first-order valence-corrected chi connectivity index (χ1v) is 5.83. The van der Waals surface area contributed by atoms with Crippen molar-refractivity contribution >= 4 is 5.69 Å². The van der Waals surface area contributed by atoms with Crippen molar-refractivity contribution in [2.45, 2.75) is 13.5 Å². The molecule has 1 heterocycles. The molecule has 0 aliphatic carbocycles. The number of hydrogen-bond acceptors (Lipinski definition) is 6. The van der Waals surface area contributed by atoms with Gasteiger partial charge in [-0.05, 0) is 18.6 Å². The van der Waals surface area contributed by atoms with E-state index >= 15 is 0 Å². The van der Waals surface area contributed by atoms with E-state index in [9.17, 15) is 10.1 Å². The highest BCUT2D eigenvalue weighted by Gasteiger charge is 2.15. The molecule has 0 spiro atoms. The van der Waals surface area contributed by atoms with E-state index in [1.54, 1.807) is 19.1 Å². The molecule has 0 aliphatic heterocycles. The Morgan fingerprint density at radius 1 is 1.55 bits per heavy atom. The van der Waals surface area contributed by atoms with Crippen LogP contribution in [-0.4, -0.2) is 26.3 Å². The largest absolute Gasteiger partial charge is 0.487 e. The Morgan fingerprint density at radius 3 is 2.95 bits per heavy atom. The van der Waals surface area contributed by atoms with Gasteiger partial charge in [0.15, 0.2) is 5.75 Å². The topological polar surface area (TPSA) is 107 Å². The molecule has 0 saturated carbocycles. The number of nitrogens with zero attached hydrogens (tertiary/aromatic N) is 5. The lowest BCUT2D eigenvalue weighted by molar-refractivity contribution is -0.385. The van der Waals surface area contributed by atoms with Gasteiger partial charge >= 0.3 is 5.69 Å². The summed E-state index contributed by atoms with van der Waals surface area (Å²) in [6.45, 7) is 2.45. The second kappa shape index (κ2) is 5.79. The van der Waals surface area contributed by atoms with Crippen LogP contribution in [0.15, 0.2) is 24.5 Å². The van der Waals surface area contributed by atoms with E-state index < -0.39 is 4.92 Å². The Hall–Kier alpha value is -2.95. The van der Waals surface area contributed by atoms with Gasteiger partial charge in [0.25, 0.3) is 5.82 Å². The molecule has 102 valence electrons. The first-order chi connectivity index (χ1) is 9.63. The minimum atomic E-state index is -0.488. The van der Waals surface area contributed by atoms with Crippen LogP contribution in [0.4, 0.5) is 5.69 Å². The monoisotopic (exact) mass is 273 g/mol. The number of hydrogen-bond donors (Lipinski definition) is 0. The van der Waals surface area contributed by atoms with Gasteiger partial charge < -0.3 is 4.74 Å². The second-order valence-electron chi connectivity index (χ2n) is 3.87. The normalized spacial score (nSPS) is 10.0. The minimum Gasteiger partial charge on any atom is -0.487 e. The zero-order valence-electron chi connectivity index (χ0n) is 10.7. The molecular formula is C12H11N5O3. The standard InChI is InChI=1S/C12H11N5O3/c1-2-20-11-5-9(3-4-10(11)17(18)19)7-16-8-14-12(6-13)15-16/h3-5,8H,2,7H2,1H3. The molecule has 0 aliphatic rings. The first kappa shape index (κ1) is 13.5. The Morgan fingerprint density at radius 2 is 2.35 bits per heavy atom. The van der Waals surface area contributed by atoms with Gasteiger partial charge in [0.2, 0.25) is 0 Å². The number of aromatic nitrogens is 3. The van der Waals surface area contributed by atoms with E-state index in [0.717, 1.165) is 5.56 Å². The molecule has 2 aromatic rings. The SMILES string of the molecule is CCOc1cc(Cn2cnc(C#N)n2)ccc1[N+](=O)[O-]. The van der Waals surface area contributed by atoms with E-state index in [-0.39, 0.29) is 17.3 Å². The summed E-state index contributed by atoms with van der Waals surface area (Å²) >= 11 is 0. The summed E-state index contributed by atoms with van der Waals surface area (Å²) < 4.78 is 6.75. The summed E-state index contributed by atoms with van der Waals surface area (Å²) in [5, 5.41) is 23.4. The van der Waals surface area contributed by atoms with Gasteiger partial charge in [0, 0.05) is 6.07 Å². The molecule has 0 atom stereocenters. The van der Waals surface area contributed by atoms with Crippen molar-refractivity contribution in [3.8, 4) is 11.8 Å². The third kappa shape index (κ3) is 2.89. The molecule has 8 heteroatoms. The zero-order chi connectivity index (χ0) is 14.5. The first-order valence-electron chi connectivity index (χ1n) is 5.83. The lowest BCUT2D eigenvalue weighted by Crippen LogP contribution is -2.03. The Bertz CT molecular complexity index is 674. The highest BCUT2D eigenvalue weighted by molar-refractivity contribution is 5.48. The van der Waals surface area contributed by atoms with Crippen LogP contribution in [0.3, 0.4) is 0 Å². The summed E-state index contributed by atoms with van der Waals surface area (Å²) in [5.74, 6) is 0.299. The molecule has 1 aromatic carbocycles. The molecule has 8 nitrogen and oxygen atoms in total. The maximum Gasteiger partial charge on any atom is 0.310 e. The third-order valence-corrected chi connectivity index (χ3v) is 2.50. The van der Waals surface area contributed by atoms with Crippen LogP contribution in [0.2, 0.25) is 0 Å². The fourth-order valence-corrected chi connectivity index (χ4v) is 1.69. The van der Waals surface area contributed by atoms with Crippen LogP contribution < -0.4 is 4.74 Å². The molecule has 0 amide bonds. The average molecular weight is 273 g/mol. The molecule has 2 rings (SSSR count). The lowest BCUT2D eigenvalue weighted by Gasteiger charge is -2.07. The number of benzene rings is 1. The van der Waals surface area contributed by atoms with Crippen molar-refractivity contribution < 1.29 is 9.66 Å². The van der Waals surface area contributed by atoms with Crippen molar-refractivity contribution in [3.05, 3.63) is 46.0 Å². The smallest absolute Gasteiger partial charge is 0.310 e. The zero-order valence-corrected chi connectivity index (χ0v) is 10.7. The molecule has 0 radical (unpaired) electrons. The number of ether oxygens (including phenoxy) is 1. The number of nitro groups is 1. The van der Waals surface area contributed by atoms with Crippen molar-refractivity contribution in [1.82, 2.24) is 14.8 Å². The lowest BCUT2D eigenvalue weighted by atomic mass is 10.2. The fraction of sp³-hybridized carbons (Fsp3) is 0.250. The van der Waals surface area contributed by atoms with Gasteiger partial charge in [-0.2, -0.15) is 5.26 Å². The van der Waals surface area contributed by atoms with Gasteiger partial charge in [0.05, 0.1) is 18.1 Å². The van der Waals surface area contributed by atoms with Gasteiger partial charge in [-0.15, -0.1) is 5.10 Å². The highest BCUT2D eigenvalue weighted by atomic mass is 16.6. The molecule has 1 aromatic heterocycles. The average Bonchev–Trinajstić information content (AvgIpc) is 2.87. The predicted molar refractivity (Wildman–Crippen MR) is 68.1 cm³/mol. The van der Waals surface area contributed by atoms with Gasteiger partial charge in [-0.1, -0.05) is 6.07 Å². The second-order valence-corrected chi connectivity index (χ2v) is 3.87. The van der Waals surface area contributed by atoms with Gasteiger partial charge in [0.1, 0.15) is 12.4 Å². The third-order valence-electron chi connectivity index (χ3n) is 2.50. The van der Waals surface area contributed by atoms with Crippen LogP contribution in [0, 0.1) is 21.4 Å². The van der Waals surface area contributed by atoms with E-state index in [2.05, 4.69) is 10.1 Å². The molecule has 0 fully saturated rings. The highest BCUT2D eigenvalue weighted by Crippen LogP contribution is 2.28. The fourth-order valence-electron chi connectivity index (χ4n) is 1.69. The number of nitro benzene ring substituents is 1. The number of nitriles is 1. The summed E-state index contributed by atoms with van der Waals surface area (Å²) in [5.41, 5.74) is 0.695. The van der Waals surface area contributed by atoms with Crippen molar-refractivity contribution in [1.29, 1.82) is 5.26 Å². The summed E-state index contributed by atoms with van der Waals surface area (Å²) in [7, 11) is 0. The van der Waals surface area contributed by atoms with Crippen LogP contribution in [0.1, 0.15) is 18.3 Å². The van der Waals surface area contributed by atoms with Crippen molar-refractivity contribution in [3.63, 3.8) is 0 Å². The summed E-state index contributed by atoms with van der Waals surface area (Å²) in [6.07, 6.45) is 1.43. The molecule has 0 N–H and O–H groups in total. The number of rotatable bonds is 5. The molecule has 0 saturated heterocycles. The van der Waals surface area contributed by atoms with Crippen LogP contribution in [0.5, 0.6) is 5.75 Å². The van der Waals surface area contributed by atoms with Crippen molar-refractivity contribution in [2.24, 2.45) is 0 Å². The summed E-state index contributed by atoms with van der Waals surface area (Å²) in [6, 6.07) is 6.44. The van der Waals surface area contributed by atoms with E-state index in [1.807, 2.05) is 6.07 Å². The molecule has 0 bridgehead atoms. The maximum atomic E-state index is 10.9. The minimum absolute atomic E-state index is 0.0769. The van der Waals surface area contributed by atoms with Gasteiger partial charge in [-0.3, -0.25) is 10.1 Å². The summed E-state index contributed by atoms with van der Waals surface area (Å²) in [4.78, 5) is 14.2. The quantitative estimate of drug-likeness (QED) is 0.603.